The van der Waals surface area contributed by atoms with Crippen LogP contribution in [0.4, 0.5) is 0 Å². The second-order valence-corrected chi connectivity index (χ2v) is 4.38. The third-order valence-electron chi connectivity index (χ3n) is 2.28. The first-order valence-electron chi connectivity index (χ1n) is 5.71. The van der Waals surface area contributed by atoms with Crippen LogP contribution in [0.1, 0.15) is 17.3 Å². The molecule has 0 N–H and O–H groups in total. The molecule has 0 aliphatic carbocycles. The van der Waals surface area contributed by atoms with Crippen LogP contribution in [-0.4, -0.2) is 39.3 Å². The average molecular weight is 317 g/mol. The minimum absolute atomic E-state index is 0.0603. The molecule has 0 atom stereocenters. The van der Waals surface area contributed by atoms with Gasteiger partial charge in [0.2, 0.25) is 0 Å². The zero-order chi connectivity index (χ0) is 13.4. The lowest BCUT2D eigenvalue weighted by molar-refractivity contribution is 0.0475. The van der Waals surface area contributed by atoms with Crippen LogP contribution in [0.2, 0.25) is 0 Å². The van der Waals surface area contributed by atoms with Crippen LogP contribution in [0.5, 0.6) is 5.75 Å². The van der Waals surface area contributed by atoms with Gasteiger partial charge < -0.3 is 14.2 Å². The van der Waals surface area contributed by atoms with Gasteiger partial charge in [-0.15, -0.1) is 0 Å². The van der Waals surface area contributed by atoms with Crippen LogP contribution in [0.25, 0.3) is 0 Å². The molecule has 1 aromatic carbocycles. The average Bonchev–Trinajstić information content (AvgIpc) is 2.38. The van der Waals surface area contributed by atoms with Gasteiger partial charge in [-0.1, -0.05) is 0 Å². The van der Waals surface area contributed by atoms with Crippen LogP contribution in [-0.2, 0) is 9.47 Å². The molecule has 0 unspecified atom stereocenters. The molecular weight excluding hydrogens is 300 g/mol. The number of methoxy groups -OCH3 is 1. The molecule has 1 aromatic rings. The number of hydrogen-bond acceptors (Lipinski definition) is 4. The van der Waals surface area contributed by atoms with Gasteiger partial charge in [-0.3, -0.25) is 4.79 Å². The zero-order valence-corrected chi connectivity index (χ0v) is 12.2. The predicted molar refractivity (Wildman–Crippen MR) is 72.3 cm³/mol. The fourth-order valence-electron chi connectivity index (χ4n) is 1.35. The van der Waals surface area contributed by atoms with Crippen LogP contribution < -0.4 is 4.74 Å². The zero-order valence-electron chi connectivity index (χ0n) is 10.6. The van der Waals surface area contributed by atoms with E-state index >= 15 is 0 Å². The molecule has 0 radical (unpaired) electrons. The van der Waals surface area contributed by atoms with Crippen LogP contribution in [0.3, 0.4) is 0 Å². The number of carbonyl (C=O) groups excluding carboxylic acids is 1. The molecule has 5 heteroatoms. The summed E-state index contributed by atoms with van der Waals surface area (Å²) in [6.45, 7) is 3.57. The second kappa shape index (κ2) is 8.24. The number of rotatable bonds is 8. The molecule has 0 fully saturated rings. The van der Waals surface area contributed by atoms with E-state index in [0.717, 1.165) is 4.47 Å². The van der Waals surface area contributed by atoms with E-state index in [9.17, 15) is 4.79 Å². The molecule has 0 aromatic heterocycles. The van der Waals surface area contributed by atoms with E-state index in [4.69, 9.17) is 14.2 Å². The molecule has 0 amide bonds. The van der Waals surface area contributed by atoms with Crippen molar-refractivity contribution in [3.8, 4) is 5.75 Å². The minimum Gasteiger partial charge on any atom is -0.496 e. The van der Waals surface area contributed by atoms with Crippen molar-refractivity contribution in [2.24, 2.45) is 0 Å². The van der Waals surface area contributed by atoms with Gasteiger partial charge >= 0.3 is 0 Å². The Morgan fingerprint density at radius 2 is 2.00 bits per heavy atom. The molecule has 0 saturated carbocycles. The summed E-state index contributed by atoms with van der Waals surface area (Å²) in [5, 5.41) is 0. The maximum Gasteiger partial charge on any atom is 0.188 e. The quantitative estimate of drug-likeness (QED) is 0.546. The third kappa shape index (κ3) is 4.76. The Bertz CT molecular complexity index is 393. The molecule has 0 aliphatic heterocycles. The van der Waals surface area contributed by atoms with Gasteiger partial charge in [0, 0.05) is 12.2 Å². The van der Waals surface area contributed by atoms with Crippen molar-refractivity contribution in [3.05, 3.63) is 28.2 Å². The summed E-state index contributed by atoms with van der Waals surface area (Å²) in [5.74, 6) is 0.638. The molecule has 18 heavy (non-hydrogen) atoms. The first-order valence-corrected chi connectivity index (χ1v) is 6.50. The molecule has 0 heterocycles. The van der Waals surface area contributed by atoms with Crippen molar-refractivity contribution < 1.29 is 19.0 Å². The SMILES string of the molecule is CCOCCOCC(=O)c1ccc(OC)c(Br)c1. The summed E-state index contributed by atoms with van der Waals surface area (Å²) >= 11 is 3.34. The number of hydrogen-bond donors (Lipinski definition) is 0. The summed E-state index contributed by atoms with van der Waals surface area (Å²) in [5.41, 5.74) is 0.596. The topological polar surface area (TPSA) is 44.8 Å². The van der Waals surface area contributed by atoms with E-state index in [1.165, 1.54) is 0 Å². The summed E-state index contributed by atoms with van der Waals surface area (Å²) < 4.78 is 16.2. The third-order valence-corrected chi connectivity index (χ3v) is 2.90. The van der Waals surface area contributed by atoms with Gasteiger partial charge in [-0.05, 0) is 41.1 Å². The maximum absolute atomic E-state index is 11.8. The van der Waals surface area contributed by atoms with Gasteiger partial charge in [0.05, 0.1) is 24.8 Å². The van der Waals surface area contributed by atoms with Gasteiger partial charge in [0.25, 0.3) is 0 Å². The Balaban J connectivity index is 2.44. The van der Waals surface area contributed by atoms with E-state index in [0.29, 0.717) is 31.1 Å². The van der Waals surface area contributed by atoms with Crippen molar-refractivity contribution in [1.82, 2.24) is 0 Å². The molecule has 0 spiro atoms. The van der Waals surface area contributed by atoms with E-state index < -0.39 is 0 Å². The maximum atomic E-state index is 11.8. The second-order valence-electron chi connectivity index (χ2n) is 3.52. The van der Waals surface area contributed by atoms with E-state index in [-0.39, 0.29) is 12.4 Å². The highest BCUT2D eigenvalue weighted by molar-refractivity contribution is 9.10. The molecular formula is C13H17BrO4. The molecule has 0 bridgehead atoms. The highest BCUT2D eigenvalue weighted by Gasteiger charge is 2.09. The Kier molecular flexibility index (Phi) is 6.93. The van der Waals surface area contributed by atoms with Crippen LogP contribution >= 0.6 is 15.9 Å². The Morgan fingerprint density at radius 3 is 2.61 bits per heavy atom. The standard InChI is InChI=1S/C13H17BrO4/c1-3-17-6-7-18-9-12(15)10-4-5-13(16-2)11(14)8-10/h4-5,8H,3,6-7,9H2,1-2H3. The monoisotopic (exact) mass is 316 g/mol. The summed E-state index contributed by atoms with van der Waals surface area (Å²) in [7, 11) is 1.58. The molecule has 1 rings (SSSR count). The van der Waals surface area contributed by atoms with Crippen molar-refractivity contribution in [3.63, 3.8) is 0 Å². The molecule has 100 valence electrons. The highest BCUT2D eigenvalue weighted by Crippen LogP contribution is 2.25. The smallest absolute Gasteiger partial charge is 0.188 e. The number of ketones is 1. The lowest BCUT2D eigenvalue weighted by atomic mass is 10.1. The van der Waals surface area contributed by atoms with E-state index in [2.05, 4.69) is 15.9 Å². The summed E-state index contributed by atoms with van der Waals surface area (Å²) in [6, 6.07) is 5.20. The van der Waals surface area contributed by atoms with Gasteiger partial charge in [0.1, 0.15) is 12.4 Å². The number of ether oxygens (including phenoxy) is 3. The Hall–Kier alpha value is -0.910. The van der Waals surface area contributed by atoms with Crippen molar-refractivity contribution in [2.45, 2.75) is 6.92 Å². The first-order chi connectivity index (χ1) is 8.69. The summed E-state index contributed by atoms with van der Waals surface area (Å²) in [4.78, 5) is 11.8. The van der Waals surface area contributed by atoms with Crippen molar-refractivity contribution >= 4 is 21.7 Å². The van der Waals surface area contributed by atoms with Crippen LogP contribution in [0.15, 0.2) is 22.7 Å². The largest absolute Gasteiger partial charge is 0.496 e. The van der Waals surface area contributed by atoms with E-state index in [1.54, 1.807) is 25.3 Å². The molecule has 0 saturated heterocycles. The molecule has 0 aliphatic rings. The van der Waals surface area contributed by atoms with E-state index in [1.807, 2.05) is 6.92 Å². The van der Waals surface area contributed by atoms with Crippen molar-refractivity contribution in [1.29, 1.82) is 0 Å². The van der Waals surface area contributed by atoms with Crippen molar-refractivity contribution in [2.75, 3.05) is 33.5 Å². The minimum atomic E-state index is -0.0603. The fraction of sp³-hybridized carbons (Fsp3) is 0.462. The number of carbonyl (C=O) groups is 1. The van der Waals surface area contributed by atoms with Gasteiger partial charge in [-0.2, -0.15) is 0 Å². The normalized spacial score (nSPS) is 10.4. The number of halogens is 1. The molecule has 4 nitrogen and oxygen atoms in total. The summed E-state index contributed by atoms with van der Waals surface area (Å²) in [6.07, 6.45) is 0. The number of Topliss-reactive ketones (excluding diaryl/α,β-unsaturated/α-hetero) is 1. The lowest BCUT2D eigenvalue weighted by Crippen LogP contribution is -2.12. The predicted octanol–water partition coefficient (Wildman–Crippen LogP) is 2.69. The Morgan fingerprint density at radius 1 is 1.28 bits per heavy atom. The lowest BCUT2D eigenvalue weighted by Gasteiger charge is -2.06. The first kappa shape index (κ1) is 15.1. The van der Waals surface area contributed by atoms with Crippen LogP contribution in [0, 0.1) is 0 Å². The van der Waals surface area contributed by atoms with Gasteiger partial charge in [-0.25, -0.2) is 0 Å². The highest BCUT2D eigenvalue weighted by atomic mass is 79.9. The number of benzene rings is 1. The van der Waals surface area contributed by atoms with Gasteiger partial charge in [0.15, 0.2) is 5.78 Å². The Labute approximate surface area is 115 Å². The fourth-order valence-corrected chi connectivity index (χ4v) is 1.89.